The minimum Gasteiger partial charge on any atom is -0.334 e. The van der Waals surface area contributed by atoms with Crippen LogP contribution in [0.1, 0.15) is 18.3 Å². The van der Waals surface area contributed by atoms with E-state index in [1.165, 1.54) is 12.1 Å². The van der Waals surface area contributed by atoms with E-state index in [2.05, 4.69) is 21.8 Å². The van der Waals surface area contributed by atoms with Gasteiger partial charge < -0.3 is 9.88 Å². The van der Waals surface area contributed by atoms with Gasteiger partial charge in [-0.25, -0.2) is 18.5 Å². The molecule has 7 heteroatoms. The number of aryl methyl sites for hydroxylation is 1. The fraction of sp³-hybridized carbons (Fsp3) is 0.308. The third-order valence-corrected chi connectivity index (χ3v) is 3.94. The van der Waals surface area contributed by atoms with Crippen LogP contribution in [0, 0.1) is 0 Å². The van der Waals surface area contributed by atoms with Gasteiger partial charge in [-0.15, -0.1) is 0 Å². The number of nitrogens with zero attached hydrogens (tertiary/aromatic N) is 2. The highest BCUT2D eigenvalue weighted by Gasteiger charge is 2.06. The number of sulfonamides is 1. The average Bonchev–Trinajstić information content (AvgIpc) is 2.86. The minimum atomic E-state index is -3.62. The zero-order chi connectivity index (χ0) is 14.6. The molecule has 0 radical (unpaired) electrons. The number of primary sulfonamides is 1. The first kappa shape index (κ1) is 14.7. The number of nitrogens with one attached hydrogen (secondary N) is 1. The normalized spacial score (nSPS) is 11.7. The van der Waals surface area contributed by atoms with Crippen molar-refractivity contribution in [3.8, 4) is 0 Å². The predicted octanol–water partition coefficient (Wildman–Crippen LogP) is 0.840. The number of imidazole rings is 1. The highest BCUT2D eigenvalue weighted by Crippen LogP contribution is 2.08. The molecule has 1 aromatic carbocycles. The highest BCUT2D eigenvalue weighted by atomic mass is 32.2. The summed E-state index contributed by atoms with van der Waals surface area (Å²) in [6, 6.07) is 6.52. The summed E-state index contributed by atoms with van der Waals surface area (Å²) in [6.07, 6.45) is 3.72. The second-order valence-corrected chi connectivity index (χ2v) is 5.98. The van der Waals surface area contributed by atoms with Crippen LogP contribution in [0.5, 0.6) is 0 Å². The Kier molecular flexibility index (Phi) is 4.53. The van der Waals surface area contributed by atoms with Crippen molar-refractivity contribution in [2.24, 2.45) is 5.14 Å². The summed E-state index contributed by atoms with van der Waals surface area (Å²) in [6.45, 7) is 4.26. The van der Waals surface area contributed by atoms with Crippen LogP contribution >= 0.6 is 0 Å². The van der Waals surface area contributed by atoms with E-state index in [4.69, 9.17) is 5.14 Å². The fourth-order valence-corrected chi connectivity index (χ4v) is 2.43. The second kappa shape index (κ2) is 6.17. The summed E-state index contributed by atoms with van der Waals surface area (Å²) in [5.41, 5.74) is 0.993. The van der Waals surface area contributed by atoms with Crippen LogP contribution in [0.4, 0.5) is 0 Å². The monoisotopic (exact) mass is 294 g/mol. The van der Waals surface area contributed by atoms with Gasteiger partial charge in [0.15, 0.2) is 0 Å². The Hall–Kier alpha value is -1.70. The minimum absolute atomic E-state index is 0.128. The first-order valence-electron chi connectivity index (χ1n) is 6.33. The zero-order valence-electron chi connectivity index (χ0n) is 11.3. The van der Waals surface area contributed by atoms with Crippen LogP contribution in [0.3, 0.4) is 0 Å². The van der Waals surface area contributed by atoms with Crippen molar-refractivity contribution in [3.63, 3.8) is 0 Å². The lowest BCUT2D eigenvalue weighted by Crippen LogP contribution is -2.16. The number of nitrogens with two attached hydrogens (primary N) is 1. The van der Waals surface area contributed by atoms with Gasteiger partial charge in [0.05, 0.1) is 11.4 Å². The Morgan fingerprint density at radius 1 is 1.25 bits per heavy atom. The molecule has 0 spiro atoms. The van der Waals surface area contributed by atoms with Crippen LogP contribution in [0.2, 0.25) is 0 Å². The van der Waals surface area contributed by atoms with Gasteiger partial charge in [-0.2, -0.15) is 0 Å². The Morgan fingerprint density at radius 3 is 2.55 bits per heavy atom. The first-order valence-corrected chi connectivity index (χ1v) is 7.88. The molecule has 1 heterocycles. The quantitative estimate of drug-likeness (QED) is 0.826. The molecule has 0 unspecified atom stereocenters. The maximum atomic E-state index is 11.1. The number of hydrogen-bond acceptors (Lipinski definition) is 4. The van der Waals surface area contributed by atoms with E-state index < -0.39 is 10.0 Å². The van der Waals surface area contributed by atoms with Gasteiger partial charge in [-0.05, 0) is 24.6 Å². The average molecular weight is 294 g/mol. The Balaban J connectivity index is 1.92. The summed E-state index contributed by atoms with van der Waals surface area (Å²) >= 11 is 0. The molecule has 0 saturated carbocycles. The Labute approximate surface area is 118 Å². The first-order chi connectivity index (χ1) is 9.50. The zero-order valence-corrected chi connectivity index (χ0v) is 12.1. The van der Waals surface area contributed by atoms with Gasteiger partial charge in [-0.1, -0.05) is 12.1 Å². The molecule has 0 atom stereocenters. The van der Waals surface area contributed by atoms with Crippen LogP contribution < -0.4 is 10.5 Å². The van der Waals surface area contributed by atoms with Crippen molar-refractivity contribution in [1.82, 2.24) is 14.9 Å². The lowest BCUT2D eigenvalue weighted by Gasteiger charge is -2.07. The molecule has 0 saturated heterocycles. The molecule has 0 bridgehead atoms. The number of hydrogen-bond donors (Lipinski definition) is 2. The maximum Gasteiger partial charge on any atom is 0.238 e. The summed E-state index contributed by atoms with van der Waals surface area (Å²) in [7, 11) is -3.62. The molecule has 3 N–H and O–H groups in total. The Morgan fingerprint density at radius 2 is 1.95 bits per heavy atom. The van der Waals surface area contributed by atoms with Gasteiger partial charge >= 0.3 is 0 Å². The molecule has 2 rings (SSSR count). The Bertz CT molecular complexity index is 662. The number of benzene rings is 1. The second-order valence-electron chi connectivity index (χ2n) is 4.42. The van der Waals surface area contributed by atoms with Crippen LogP contribution in [-0.4, -0.2) is 18.0 Å². The number of aromatic nitrogens is 2. The van der Waals surface area contributed by atoms with Gasteiger partial charge in [0.2, 0.25) is 10.0 Å². The molecule has 6 nitrogen and oxygen atoms in total. The van der Waals surface area contributed by atoms with E-state index in [0.29, 0.717) is 13.1 Å². The molecule has 0 amide bonds. The van der Waals surface area contributed by atoms with Crippen molar-refractivity contribution in [1.29, 1.82) is 0 Å². The molecule has 1 aromatic heterocycles. The van der Waals surface area contributed by atoms with Crippen LogP contribution in [0.15, 0.2) is 41.6 Å². The van der Waals surface area contributed by atoms with Crippen LogP contribution in [0.25, 0.3) is 0 Å². The SMILES string of the molecule is CCn1ccnc1CNCc1ccc(S(N)(=O)=O)cc1. The largest absolute Gasteiger partial charge is 0.334 e. The summed E-state index contributed by atoms with van der Waals surface area (Å²) in [4.78, 5) is 4.40. The highest BCUT2D eigenvalue weighted by molar-refractivity contribution is 7.89. The van der Waals surface area contributed by atoms with Gasteiger partial charge in [0.1, 0.15) is 5.82 Å². The molecular formula is C13H18N4O2S. The molecule has 0 aliphatic heterocycles. The predicted molar refractivity (Wildman–Crippen MR) is 76.3 cm³/mol. The molecule has 20 heavy (non-hydrogen) atoms. The van der Waals surface area contributed by atoms with Crippen molar-refractivity contribution < 1.29 is 8.42 Å². The third kappa shape index (κ3) is 3.66. The van der Waals surface area contributed by atoms with Crippen molar-refractivity contribution in [2.45, 2.75) is 31.5 Å². The summed E-state index contributed by atoms with van der Waals surface area (Å²) in [5.74, 6) is 0.980. The fourth-order valence-electron chi connectivity index (χ4n) is 1.91. The molecular weight excluding hydrogens is 276 g/mol. The third-order valence-electron chi connectivity index (χ3n) is 3.01. The number of rotatable bonds is 6. The standard InChI is InChI=1S/C13H18N4O2S/c1-2-17-8-7-16-13(17)10-15-9-11-3-5-12(6-4-11)20(14,18)19/h3-8,15H,2,9-10H2,1H3,(H2,14,18,19). The van der Waals surface area contributed by atoms with Crippen molar-refractivity contribution >= 4 is 10.0 Å². The molecule has 108 valence electrons. The molecule has 0 aliphatic carbocycles. The molecule has 2 aromatic rings. The lowest BCUT2D eigenvalue weighted by atomic mass is 10.2. The van der Waals surface area contributed by atoms with Gasteiger partial charge in [-0.3, -0.25) is 0 Å². The van der Waals surface area contributed by atoms with E-state index in [1.807, 2.05) is 6.20 Å². The maximum absolute atomic E-state index is 11.1. The summed E-state index contributed by atoms with van der Waals surface area (Å²) in [5, 5.41) is 8.32. The summed E-state index contributed by atoms with van der Waals surface area (Å²) < 4.78 is 24.3. The lowest BCUT2D eigenvalue weighted by molar-refractivity contribution is 0.597. The topological polar surface area (TPSA) is 90.0 Å². The van der Waals surface area contributed by atoms with E-state index in [0.717, 1.165) is 17.9 Å². The van der Waals surface area contributed by atoms with Gasteiger partial charge in [0.25, 0.3) is 0 Å². The molecule has 0 aliphatic rings. The van der Waals surface area contributed by atoms with Crippen molar-refractivity contribution in [2.75, 3.05) is 0 Å². The van der Waals surface area contributed by atoms with E-state index in [1.54, 1.807) is 18.3 Å². The van der Waals surface area contributed by atoms with Crippen molar-refractivity contribution in [3.05, 3.63) is 48.0 Å². The van der Waals surface area contributed by atoms with Crippen LogP contribution in [-0.2, 0) is 29.7 Å². The smallest absolute Gasteiger partial charge is 0.238 e. The van der Waals surface area contributed by atoms with E-state index in [9.17, 15) is 8.42 Å². The van der Waals surface area contributed by atoms with E-state index >= 15 is 0 Å². The molecule has 0 fully saturated rings. The van der Waals surface area contributed by atoms with E-state index in [-0.39, 0.29) is 4.90 Å². The van der Waals surface area contributed by atoms with Gasteiger partial charge in [0, 0.05) is 25.5 Å².